The number of pyridine rings is 1. The summed E-state index contributed by atoms with van der Waals surface area (Å²) in [6, 6.07) is 16.4. The first-order valence-corrected chi connectivity index (χ1v) is 6.80. The summed E-state index contributed by atoms with van der Waals surface area (Å²) in [5, 5.41) is 1.94. The molecule has 0 fully saturated rings. The Hall–Kier alpha value is -1.86. The number of nitrogens with zero attached hydrogens (tertiary/aromatic N) is 1. The summed E-state index contributed by atoms with van der Waals surface area (Å²) in [7, 11) is 0. The van der Waals surface area contributed by atoms with Crippen LogP contribution in [0.1, 0.15) is 12.5 Å². The van der Waals surface area contributed by atoms with Crippen LogP contribution in [0.4, 0.5) is 0 Å². The highest BCUT2D eigenvalue weighted by Crippen LogP contribution is 2.32. The van der Waals surface area contributed by atoms with E-state index in [1.54, 1.807) is 0 Å². The lowest BCUT2D eigenvalue weighted by molar-refractivity contribution is 1.14. The van der Waals surface area contributed by atoms with E-state index < -0.39 is 0 Å². The fourth-order valence-electron chi connectivity index (χ4n) is 2.33. The summed E-state index contributed by atoms with van der Waals surface area (Å²) in [6.07, 6.45) is 2.86. The number of hydrogen-bond acceptors (Lipinski definition) is 1. The number of rotatable bonds is 2. The van der Waals surface area contributed by atoms with E-state index in [4.69, 9.17) is 11.6 Å². The second-order valence-corrected chi connectivity index (χ2v) is 4.95. The van der Waals surface area contributed by atoms with Crippen molar-refractivity contribution in [2.45, 2.75) is 13.3 Å². The minimum absolute atomic E-state index is 0.775. The van der Waals surface area contributed by atoms with Crippen LogP contribution in [0.15, 0.2) is 54.7 Å². The largest absolute Gasteiger partial charge is 0.256 e. The Bertz CT molecular complexity index is 734. The maximum absolute atomic E-state index is 6.31. The quantitative estimate of drug-likeness (QED) is 0.628. The highest BCUT2D eigenvalue weighted by atomic mass is 35.5. The molecule has 19 heavy (non-hydrogen) atoms. The Balaban J connectivity index is 2.32. The fourth-order valence-corrected chi connectivity index (χ4v) is 2.57. The van der Waals surface area contributed by atoms with Crippen LogP contribution in [0.2, 0.25) is 5.02 Å². The lowest BCUT2D eigenvalue weighted by Crippen LogP contribution is -1.87. The standard InChI is InChI=1S/C17H14ClN/c1-2-12-7-8-17-15(11-12)13(9-10-19-17)14-5-3-4-6-16(14)18/h3-11H,2H2,1H3. The van der Waals surface area contributed by atoms with E-state index >= 15 is 0 Å². The summed E-state index contributed by atoms with van der Waals surface area (Å²) in [4.78, 5) is 4.43. The lowest BCUT2D eigenvalue weighted by Gasteiger charge is -2.09. The molecule has 0 aliphatic carbocycles. The third-order valence-corrected chi connectivity index (χ3v) is 3.71. The van der Waals surface area contributed by atoms with E-state index in [0.29, 0.717) is 0 Å². The number of halogens is 1. The summed E-state index contributed by atoms with van der Waals surface area (Å²) in [6.45, 7) is 2.16. The Morgan fingerprint density at radius 1 is 1.00 bits per heavy atom. The Labute approximate surface area is 117 Å². The smallest absolute Gasteiger partial charge is 0.0708 e. The zero-order chi connectivity index (χ0) is 13.2. The number of aryl methyl sites for hydroxylation is 1. The molecule has 0 unspecified atom stereocenters. The average molecular weight is 268 g/mol. The normalized spacial score (nSPS) is 10.8. The third kappa shape index (κ3) is 2.22. The van der Waals surface area contributed by atoms with E-state index in [1.165, 1.54) is 5.56 Å². The van der Waals surface area contributed by atoms with Gasteiger partial charge in [-0.25, -0.2) is 0 Å². The molecule has 0 saturated carbocycles. The predicted molar refractivity (Wildman–Crippen MR) is 81.6 cm³/mol. The van der Waals surface area contributed by atoms with Gasteiger partial charge in [0.25, 0.3) is 0 Å². The van der Waals surface area contributed by atoms with Crippen molar-refractivity contribution in [3.05, 3.63) is 65.3 Å². The summed E-state index contributed by atoms with van der Waals surface area (Å²) < 4.78 is 0. The van der Waals surface area contributed by atoms with Crippen LogP contribution in [-0.2, 0) is 6.42 Å². The van der Waals surface area contributed by atoms with Crippen LogP contribution >= 0.6 is 11.6 Å². The number of hydrogen-bond donors (Lipinski definition) is 0. The van der Waals surface area contributed by atoms with Crippen molar-refractivity contribution in [2.75, 3.05) is 0 Å². The van der Waals surface area contributed by atoms with Gasteiger partial charge in [0.1, 0.15) is 0 Å². The van der Waals surface area contributed by atoms with Gasteiger partial charge in [-0.05, 0) is 41.8 Å². The van der Waals surface area contributed by atoms with Crippen LogP contribution in [0.25, 0.3) is 22.0 Å². The Morgan fingerprint density at radius 3 is 2.63 bits per heavy atom. The minimum Gasteiger partial charge on any atom is -0.256 e. The van der Waals surface area contributed by atoms with E-state index in [1.807, 2.05) is 30.5 Å². The first-order valence-electron chi connectivity index (χ1n) is 6.42. The molecule has 94 valence electrons. The molecule has 1 nitrogen and oxygen atoms in total. The van der Waals surface area contributed by atoms with Crippen molar-refractivity contribution in [3.63, 3.8) is 0 Å². The highest BCUT2D eigenvalue weighted by molar-refractivity contribution is 6.33. The molecule has 0 atom stereocenters. The average Bonchev–Trinajstić information content (AvgIpc) is 2.47. The van der Waals surface area contributed by atoms with Crippen LogP contribution in [0.5, 0.6) is 0 Å². The van der Waals surface area contributed by atoms with Gasteiger partial charge in [0.2, 0.25) is 0 Å². The van der Waals surface area contributed by atoms with Gasteiger partial charge in [-0.1, -0.05) is 42.8 Å². The third-order valence-electron chi connectivity index (χ3n) is 3.38. The van der Waals surface area contributed by atoms with Gasteiger partial charge in [-0.2, -0.15) is 0 Å². The molecule has 3 aromatic rings. The summed E-state index contributed by atoms with van der Waals surface area (Å²) in [5.41, 5.74) is 4.53. The van der Waals surface area contributed by atoms with E-state index in [9.17, 15) is 0 Å². The summed E-state index contributed by atoms with van der Waals surface area (Å²) in [5.74, 6) is 0. The van der Waals surface area contributed by atoms with Crippen LogP contribution in [0.3, 0.4) is 0 Å². The highest BCUT2D eigenvalue weighted by Gasteiger charge is 2.08. The van der Waals surface area contributed by atoms with Gasteiger partial charge in [0.05, 0.1) is 5.52 Å². The molecule has 0 bridgehead atoms. The molecule has 0 radical (unpaired) electrons. The molecule has 2 aromatic carbocycles. The van der Waals surface area contributed by atoms with Gasteiger partial charge >= 0.3 is 0 Å². The SMILES string of the molecule is CCc1ccc2nccc(-c3ccccc3Cl)c2c1. The van der Waals surface area contributed by atoms with Crippen molar-refractivity contribution < 1.29 is 0 Å². The van der Waals surface area contributed by atoms with Gasteiger partial charge in [0.15, 0.2) is 0 Å². The Kier molecular flexibility index (Phi) is 3.22. The fraction of sp³-hybridized carbons (Fsp3) is 0.118. The molecule has 0 aliphatic rings. The first-order chi connectivity index (χ1) is 9.29. The van der Waals surface area contributed by atoms with Crippen molar-refractivity contribution >= 4 is 22.5 Å². The van der Waals surface area contributed by atoms with E-state index in [-0.39, 0.29) is 0 Å². The minimum atomic E-state index is 0.775. The molecule has 2 heteroatoms. The molecular formula is C17H14ClN. The van der Waals surface area contributed by atoms with Crippen molar-refractivity contribution in [1.82, 2.24) is 4.98 Å². The zero-order valence-corrected chi connectivity index (χ0v) is 11.5. The molecule has 3 rings (SSSR count). The number of aromatic nitrogens is 1. The predicted octanol–water partition coefficient (Wildman–Crippen LogP) is 5.12. The Morgan fingerprint density at radius 2 is 1.84 bits per heavy atom. The van der Waals surface area contributed by atoms with Crippen molar-refractivity contribution in [2.24, 2.45) is 0 Å². The first kappa shape index (κ1) is 12.2. The molecular weight excluding hydrogens is 254 g/mol. The molecule has 0 N–H and O–H groups in total. The second-order valence-electron chi connectivity index (χ2n) is 4.54. The lowest BCUT2D eigenvalue weighted by atomic mass is 9.99. The number of fused-ring (bicyclic) bond motifs is 1. The maximum Gasteiger partial charge on any atom is 0.0708 e. The zero-order valence-electron chi connectivity index (χ0n) is 10.7. The van der Waals surface area contributed by atoms with Gasteiger partial charge in [-0.3, -0.25) is 4.98 Å². The van der Waals surface area contributed by atoms with Crippen molar-refractivity contribution in [1.29, 1.82) is 0 Å². The van der Waals surface area contributed by atoms with Gasteiger partial charge in [-0.15, -0.1) is 0 Å². The molecule has 1 aromatic heterocycles. The number of benzene rings is 2. The van der Waals surface area contributed by atoms with Crippen LogP contribution in [-0.4, -0.2) is 4.98 Å². The topological polar surface area (TPSA) is 12.9 Å². The molecule has 1 heterocycles. The second kappa shape index (κ2) is 5.02. The molecule has 0 saturated heterocycles. The van der Waals surface area contributed by atoms with Crippen LogP contribution in [0, 0.1) is 0 Å². The maximum atomic E-state index is 6.31. The van der Waals surface area contributed by atoms with Crippen molar-refractivity contribution in [3.8, 4) is 11.1 Å². The summed E-state index contributed by atoms with van der Waals surface area (Å²) >= 11 is 6.31. The monoisotopic (exact) mass is 267 g/mol. The van der Waals surface area contributed by atoms with Gasteiger partial charge < -0.3 is 0 Å². The molecule has 0 amide bonds. The van der Waals surface area contributed by atoms with E-state index in [0.717, 1.165) is 33.5 Å². The molecule has 0 aliphatic heterocycles. The molecule has 0 spiro atoms. The van der Waals surface area contributed by atoms with Gasteiger partial charge in [0, 0.05) is 22.2 Å². The van der Waals surface area contributed by atoms with E-state index in [2.05, 4.69) is 36.2 Å². The van der Waals surface area contributed by atoms with Crippen LogP contribution < -0.4 is 0 Å².